The molecule has 1 atom stereocenters. The molecule has 4 nitrogen and oxygen atoms in total. The highest BCUT2D eigenvalue weighted by Gasteiger charge is 2.16. The minimum atomic E-state index is -0.0719. The Labute approximate surface area is 111 Å². The minimum absolute atomic E-state index is 0.0719. The van der Waals surface area contributed by atoms with E-state index in [1.807, 2.05) is 17.6 Å². The molecule has 0 aliphatic carbocycles. The molecule has 0 bridgehead atoms. The van der Waals surface area contributed by atoms with Crippen LogP contribution in [0.5, 0.6) is 0 Å². The fourth-order valence-electron chi connectivity index (χ4n) is 1.94. The van der Waals surface area contributed by atoms with Crippen LogP contribution in [0.25, 0.3) is 11.2 Å². The van der Waals surface area contributed by atoms with Gasteiger partial charge in [0, 0.05) is 18.7 Å². The van der Waals surface area contributed by atoms with Crippen molar-refractivity contribution in [2.45, 2.75) is 33.2 Å². The minimum Gasteiger partial charge on any atom is -0.311 e. The first-order valence-corrected chi connectivity index (χ1v) is 6.32. The molecule has 0 radical (unpaired) electrons. The zero-order valence-electron chi connectivity index (χ0n) is 10.7. The topological polar surface area (TPSA) is 54.5 Å². The van der Waals surface area contributed by atoms with Crippen LogP contribution in [0.4, 0.5) is 0 Å². The van der Waals surface area contributed by atoms with E-state index in [1.54, 1.807) is 6.20 Å². The van der Waals surface area contributed by atoms with Crippen LogP contribution in [0.15, 0.2) is 12.3 Å². The van der Waals surface area contributed by atoms with Crippen molar-refractivity contribution < 1.29 is 0 Å². The molecule has 0 saturated heterocycles. The van der Waals surface area contributed by atoms with Gasteiger partial charge in [0.15, 0.2) is 5.65 Å². The zero-order chi connectivity index (χ0) is 13.3. The standard InChI is InChI=1S/C13H15ClN4/c1-8(2)12-17-11-4-10(14)6-16-13(11)18(12)7-9(3)5-15/h4,6,8-9H,7H2,1-3H3. The van der Waals surface area contributed by atoms with Gasteiger partial charge in [0.2, 0.25) is 0 Å². The average Bonchev–Trinajstić information content (AvgIpc) is 2.67. The van der Waals surface area contributed by atoms with E-state index >= 15 is 0 Å². The number of imidazole rings is 1. The second-order valence-electron chi connectivity index (χ2n) is 4.76. The predicted octanol–water partition coefficient (Wildman–Crippen LogP) is 3.37. The molecule has 0 fully saturated rings. The Morgan fingerprint density at radius 2 is 2.17 bits per heavy atom. The summed E-state index contributed by atoms with van der Waals surface area (Å²) in [6, 6.07) is 4.05. The van der Waals surface area contributed by atoms with Gasteiger partial charge < -0.3 is 4.57 Å². The number of hydrogen-bond donors (Lipinski definition) is 0. The molecule has 0 saturated carbocycles. The first-order chi connectivity index (χ1) is 8.52. The Morgan fingerprint density at radius 1 is 1.44 bits per heavy atom. The molecule has 2 heterocycles. The van der Waals surface area contributed by atoms with Crippen LogP contribution in [-0.4, -0.2) is 14.5 Å². The number of nitrogens with zero attached hydrogens (tertiary/aromatic N) is 4. The highest BCUT2D eigenvalue weighted by molar-refractivity contribution is 6.31. The summed E-state index contributed by atoms with van der Waals surface area (Å²) in [7, 11) is 0. The number of hydrogen-bond acceptors (Lipinski definition) is 3. The first kappa shape index (κ1) is 12.8. The van der Waals surface area contributed by atoms with Crippen LogP contribution in [0, 0.1) is 17.2 Å². The molecule has 18 heavy (non-hydrogen) atoms. The van der Waals surface area contributed by atoms with Crippen molar-refractivity contribution in [3.05, 3.63) is 23.1 Å². The van der Waals surface area contributed by atoms with E-state index in [0.717, 1.165) is 17.0 Å². The molecule has 0 amide bonds. The van der Waals surface area contributed by atoms with Gasteiger partial charge in [-0.3, -0.25) is 0 Å². The molecule has 94 valence electrons. The summed E-state index contributed by atoms with van der Waals surface area (Å²) in [5.74, 6) is 1.16. The Morgan fingerprint density at radius 3 is 2.78 bits per heavy atom. The van der Waals surface area contributed by atoms with Gasteiger partial charge in [0.1, 0.15) is 11.3 Å². The maximum absolute atomic E-state index is 8.95. The van der Waals surface area contributed by atoms with Crippen molar-refractivity contribution in [2.24, 2.45) is 5.92 Å². The fraction of sp³-hybridized carbons (Fsp3) is 0.462. The van der Waals surface area contributed by atoms with E-state index < -0.39 is 0 Å². The van der Waals surface area contributed by atoms with E-state index in [4.69, 9.17) is 16.9 Å². The summed E-state index contributed by atoms with van der Waals surface area (Å²) in [6.45, 7) is 6.66. The molecule has 2 aromatic heterocycles. The van der Waals surface area contributed by atoms with Gasteiger partial charge in [0.05, 0.1) is 17.0 Å². The lowest BCUT2D eigenvalue weighted by Crippen LogP contribution is -2.11. The van der Waals surface area contributed by atoms with Crippen molar-refractivity contribution in [2.75, 3.05) is 0 Å². The normalized spacial score (nSPS) is 12.9. The highest BCUT2D eigenvalue weighted by atomic mass is 35.5. The summed E-state index contributed by atoms with van der Waals surface area (Å²) < 4.78 is 2.02. The van der Waals surface area contributed by atoms with Crippen LogP contribution in [0.1, 0.15) is 32.5 Å². The van der Waals surface area contributed by atoms with Crippen LogP contribution < -0.4 is 0 Å². The predicted molar refractivity (Wildman–Crippen MR) is 71.4 cm³/mol. The number of pyridine rings is 1. The number of aromatic nitrogens is 3. The van der Waals surface area contributed by atoms with Crippen LogP contribution in [0.2, 0.25) is 5.02 Å². The quantitative estimate of drug-likeness (QED) is 0.852. The van der Waals surface area contributed by atoms with Crippen LogP contribution >= 0.6 is 11.6 Å². The van der Waals surface area contributed by atoms with Crippen molar-refractivity contribution in [3.63, 3.8) is 0 Å². The lowest BCUT2D eigenvalue weighted by atomic mass is 10.2. The molecule has 1 unspecified atom stereocenters. The van der Waals surface area contributed by atoms with Crippen molar-refractivity contribution in [3.8, 4) is 6.07 Å². The smallest absolute Gasteiger partial charge is 0.160 e. The molecule has 0 aliphatic heterocycles. The van der Waals surface area contributed by atoms with Crippen LogP contribution in [-0.2, 0) is 6.54 Å². The maximum atomic E-state index is 8.95. The Bertz CT molecular complexity index is 609. The fourth-order valence-corrected chi connectivity index (χ4v) is 2.09. The lowest BCUT2D eigenvalue weighted by molar-refractivity contribution is 0.552. The Hall–Kier alpha value is -1.60. The van der Waals surface area contributed by atoms with Gasteiger partial charge in [0.25, 0.3) is 0 Å². The second-order valence-corrected chi connectivity index (χ2v) is 5.20. The maximum Gasteiger partial charge on any atom is 0.160 e. The van der Waals surface area contributed by atoms with Gasteiger partial charge in [-0.05, 0) is 13.0 Å². The number of halogens is 1. The van der Waals surface area contributed by atoms with Gasteiger partial charge in [-0.15, -0.1) is 0 Å². The zero-order valence-corrected chi connectivity index (χ0v) is 11.4. The van der Waals surface area contributed by atoms with Gasteiger partial charge in [-0.1, -0.05) is 25.4 Å². The molecule has 0 spiro atoms. The van der Waals surface area contributed by atoms with E-state index in [9.17, 15) is 0 Å². The number of fused-ring (bicyclic) bond motifs is 1. The third kappa shape index (κ3) is 2.32. The number of rotatable bonds is 3. The van der Waals surface area contributed by atoms with E-state index in [-0.39, 0.29) is 11.8 Å². The molecule has 5 heteroatoms. The van der Waals surface area contributed by atoms with Gasteiger partial charge in [-0.25, -0.2) is 9.97 Å². The summed E-state index contributed by atoms with van der Waals surface area (Å²) in [5, 5.41) is 9.53. The third-order valence-electron chi connectivity index (χ3n) is 2.77. The van der Waals surface area contributed by atoms with Gasteiger partial charge >= 0.3 is 0 Å². The van der Waals surface area contributed by atoms with E-state index in [0.29, 0.717) is 11.6 Å². The molecular formula is C13H15ClN4. The van der Waals surface area contributed by atoms with Gasteiger partial charge in [-0.2, -0.15) is 5.26 Å². The third-order valence-corrected chi connectivity index (χ3v) is 2.98. The SMILES string of the molecule is CC(C#N)Cn1c(C(C)C)nc2cc(Cl)cnc21. The highest BCUT2D eigenvalue weighted by Crippen LogP contribution is 2.23. The molecule has 0 aliphatic rings. The van der Waals surface area contributed by atoms with Crippen molar-refractivity contribution in [1.29, 1.82) is 5.26 Å². The summed E-state index contributed by atoms with van der Waals surface area (Å²) in [4.78, 5) is 8.90. The van der Waals surface area contributed by atoms with E-state index in [2.05, 4.69) is 29.9 Å². The average molecular weight is 263 g/mol. The molecule has 0 N–H and O–H groups in total. The Kier molecular flexibility index (Phi) is 3.53. The summed E-state index contributed by atoms with van der Waals surface area (Å²) >= 11 is 5.93. The number of nitriles is 1. The van der Waals surface area contributed by atoms with Crippen molar-refractivity contribution >= 4 is 22.8 Å². The second kappa shape index (κ2) is 4.95. The first-order valence-electron chi connectivity index (χ1n) is 5.94. The summed E-state index contributed by atoms with van der Waals surface area (Å²) in [6.07, 6.45) is 1.61. The molecule has 2 rings (SSSR count). The lowest BCUT2D eigenvalue weighted by Gasteiger charge is -2.11. The summed E-state index contributed by atoms with van der Waals surface area (Å²) in [5.41, 5.74) is 1.58. The monoisotopic (exact) mass is 262 g/mol. The van der Waals surface area contributed by atoms with Crippen molar-refractivity contribution in [1.82, 2.24) is 14.5 Å². The molecule has 0 aromatic carbocycles. The van der Waals surface area contributed by atoms with E-state index in [1.165, 1.54) is 0 Å². The molecule has 2 aromatic rings. The largest absolute Gasteiger partial charge is 0.311 e. The Balaban J connectivity index is 2.60. The van der Waals surface area contributed by atoms with Crippen LogP contribution in [0.3, 0.4) is 0 Å². The molecular weight excluding hydrogens is 248 g/mol.